The number of amides is 1. The number of hydrogen-bond acceptors (Lipinski definition) is 3. The van der Waals surface area contributed by atoms with Crippen LogP contribution in [0.1, 0.15) is 40.6 Å². The Balaban J connectivity index is 1.46. The largest absolute Gasteiger partial charge is 0.435 e. The van der Waals surface area contributed by atoms with E-state index in [0.29, 0.717) is 13.1 Å². The minimum absolute atomic E-state index is 0.0458. The van der Waals surface area contributed by atoms with Crippen molar-refractivity contribution in [3.8, 4) is 0 Å². The van der Waals surface area contributed by atoms with Crippen molar-refractivity contribution < 1.29 is 18.0 Å². The molecule has 0 spiro atoms. The second-order valence-electron chi connectivity index (χ2n) is 6.76. The molecule has 1 N–H and O–H groups in total. The average Bonchev–Trinajstić information content (AvgIpc) is 3.24. The van der Waals surface area contributed by atoms with Gasteiger partial charge in [0.25, 0.3) is 5.91 Å². The molecule has 142 valence electrons. The first-order valence-corrected chi connectivity index (χ1v) is 8.67. The second kappa shape index (κ2) is 6.40. The van der Waals surface area contributed by atoms with E-state index < -0.39 is 17.8 Å². The molecule has 1 saturated heterocycles. The van der Waals surface area contributed by atoms with E-state index in [4.69, 9.17) is 0 Å². The molecule has 1 aliphatic heterocycles. The van der Waals surface area contributed by atoms with Gasteiger partial charge in [-0.25, -0.2) is 0 Å². The summed E-state index contributed by atoms with van der Waals surface area (Å²) in [5, 5.41) is 3.42. The van der Waals surface area contributed by atoms with Gasteiger partial charge in [-0.1, -0.05) is 0 Å². The molecule has 0 bridgehead atoms. The predicted molar refractivity (Wildman–Crippen MR) is 92.2 cm³/mol. The monoisotopic (exact) mass is 377 g/mol. The Morgan fingerprint density at radius 1 is 1.26 bits per heavy atom. The number of aromatic nitrogens is 4. The lowest BCUT2D eigenvalue weighted by Crippen LogP contribution is -2.38. The van der Waals surface area contributed by atoms with Crippen molar-refractivity contribution >= 4 is 16.9 Å². The first-order valence-electron chi connectivity index (χ1n) is 8.67. The van der Waals surface area contributed by atoms with Crippen LogP contribution in [0.5, 0.6) is 0 Å². The highest BCUT2D eigenvalue weighted by atomic mass is 19.4. The number of halogens is 3. The van der Waals surface area contributed by atoms with Gasteiger partial charge in [0, 0.05) is 44.0 Å². The van der Waals surface area contributed by atoms with Crippen LogP contribution in [-0.2, 0) is 13.2 Å². The first kappa shape index (κ1) is 17.6. The Morgan fingerprint density at radius 2 is 2.00 bits per heavy atom. The van der Waals surface area contributed by atoms with Gasteiger partial charge in [0.1, 0.15) is 5.69 Å². The van der Waals surface area contributed by atoms with E-state index in [-0.39, 0.29) is 11.6 Å². The summed E-state index contributed by atoms with van der Waals surface area (Å²) < 4.78 is 39.4. The normalized spacial score (nSPS) is 16.2. The number of piperidine rings is 1. The number of hydrogen-bond donors (Lipinski definition) is 1. The maximum absolute atomic E-state index is 12.8. The Morgan fingerprint density at radius 3 is 2.63 bits per heavy atom. The number of alkyl halides is 3. The lowest BCUT2D eigenvalue weighted by Gasteiger charge is -2.31. The standard InChI is InChI=1S/C18H18F3N5O/c1-25-15(10-16(24-25)18(19,20)21)17(27)26-7-4-11(5-8-26)13-9-14-12(23-13)3-2-6-22-14/h2-3,6,9-11,23H,4-5,7-8H2,1H3. The van der Waals surface area contributed by atoms with Crippen molar-refractivity contribution in [1.29, 1.82) is 0 Å². The highest BCUT2D eigenvalue weighted by Gasteiger charge is 2.36. The topological polar surface area (TPSA) is 66.8 Å². The lowest BCUT2D eigenvalue weighted by atomic mass is 9.93. The number of carbonyl (C=O) groups is 1. The quantitative estimate of drug-likeness (QED) is 0.745. The highest BCUT2D eigenvalue weighted by molar-refractivity contribution is 5.92. The van der Waals surface area contributed by atoms with E-state index >= 15 is 0 Å². The molecule has 3 aromatic rings. The van der Waals surface area contributed by atoms with Crippen LogP contribution in [0.4, 0.5) is 13.2 Å². The number of likely N-dealkylation sites (tertiary alicyclic amines) is 1. The molecule has 0 saturated carbocycles. The molecule has 0 radical (unpaired) electrons. The van der Waals surface area contributed by atoms with E-state index in [1.54, 1.807) is 11.1 Å². The number of H-pyrrole nitrogens is 1. The number of rotatable bonds is 2. The molecule has 4 heterocycles. The Hall–Kier alpha value is -2.84. The predicted octanol–water partition coefficient (Wildman–Crippen LogP) is 3.34. The van der Waals surface area contributed by atoms with Crippen molar-refractivity contribution in [3.63, 3.8) is 0 Å². The summed E-state index contributed by atoms with van der Waals surface area (Å²) in [6.07, 6.45) is -1.34. The van der Waals surface area contributed by atoms with Gasteiger partial charge in [0.15, 0.2) is 5.69 Å². The van der Waals surface area contributed by atoms with Gasteiger partial charge in [-0.2, -0.15) is 18.3 Å². The van der Waals surface area contributed by atoms with Crippen molar-refractivity contribution in [2.75, 3.05) is 13.1 Å². The van der Waals surface area contributed by atoms with Gasteiger partial charge in [-0.05, 0) is 31.0 Å². The number of aryl methyl sites for hydroxylation is 1. The van der Waals surface area contributed by atoms with Crippen molar-refractivity contribution in [3.05, 3.63) is 47.5 Å². The maximum atomic E-state index is 12.8. The third-order valence-corrected chi connectivity index (χ3v) is 5.02. The first-order chi connectivity index (χ1) is 12.8. The third-order valence-electron chi connectivity index (χ3n) is 5.02. The number of pyridine rings is 1. The maximum Gasteiger partial charge on any atom is 0.435 e. The fourth-order valence-corrected chi connectivity index (χ4v) is 3.56. The molecule has 0 atom stereocenters. The number of fused-ring (bicyclic) bond motifs is 1. The average molecular weight is 377 g/mol. The Kier molecular flexibility index (Phi) is 4.16. The smallest absolute Gasteiger partial charge is 0.357 e. The molecule has 0 aliphatic carbocycles. The molecule has 1 amide bonds. The van der Waals surface area contributed by atoms with Gasteiger partial charge in [0.2, 0.25) is 0 Å². The number of carbonyl (C=O) groups excluding carboxylic acids is 1. The van der Waals surface area contributed by atoms with Gasteiger partial charge in [-0.3, -0.25) is 14.5 Å². The summed E-state index contributed by atoms with van der Waals surface area (Å²) in [6.45, 7) is 0.970. The van der Waals surface area contributed by atoms with Crippen LogP contribution >= 0.6 is 0 Å². The summed E-state index contributed by atoms with van der Waals surface area (Å²) in [4.78, 5) is 21.9. The molecule has 0 aromatic carbocycles. The zero-order valence-electron chi connectivity index (χ0n) is 14.6. The molecule has 4 rings (SSSR count). The van der Waals surface area contributed by atoms with Crippen LogP contribution in [-0.4, -0.2) is 43.6 Å². The number of nitrogens with zero attached hydrogens (tertiary/aromatic N) is 4. The molecule has 1 aliphatic rings. The fraction of sp³-hybridized carbons (Fsp3) is 0.389. The van der Waals surface area contributed by atoms with Crippen LogP contribution in [0, 0.1) is 0 Å². The van der Waals surface area contributed by atoms with Crippen LogP contribution in [0.2, 0.25) is 0 Å². The molecule has 6 nitrogen and oxygen atoms in total. The van der Waals surface area contributed by atoms with Crippen LogP contribution < -0.4 is 0 Å². The van der Waals surface area contributed by atoms with Crippen molar-refractivity contribution in [2.45, 2.75) is 24.9 Å². The molecule has 3 aromatic heterocycles. The minimum Gasteiger partial charge on any atom is -0.357 e. The summed E-state index contributed by atoms with van der Waals surface area (Å²) in [6, 6.07) is 6.67. The minimum atomic E-state index is -4.56. The van der Waals surface area contributed by atoms with E-state index in [1.165, 1.54) is 7.05 Å². The van der Waals surface area contributed by atoms with Gasteiger partial charge < -0.3 is 9.88 Å². The Bertz CT molecular complexity index is 949. The second-order valence-corrected chi connectivity index (χ2v) is 6.76. The molecular weight excluding hydrogens is 359 g/mol. The van der Waals surface area contributed by atoms with E-state index in [9.17, 15) is 18.0 Å². The van der Waals surface area contributed by atoms with Gasteiger partial charge >= 0.3 is 6.18 Å². The molecule has 1 fully saturated rings. The summed E-state index contributed by atoms with van der Waals surface area (Å²) in [7, 11) is 1.35. The molecule has 0 unspecified atom stereocenters. The van der Waals surface area contributed by atoms with Gasteiger partial charge in [-0.15, -0.1) is 0 Å². The van der Waals surface area contributed by atoms with E-state index in [1.807, 2.05) is 18.2 Å². The summed E-state index contributed by atoms with van der Waals surface area (Å²) in [5.41, 5.74) is 1.86. The zero-order chi connectivity index (χ0) is 19.2. The molecular formula is C18H18F3N5O. The fourth-order valence-electron chi connectivity index (χ4n) is 3.56. The van der Waals surface area contributed by atoms with Gasteiger partial charge in [0.05, 0.1) is 11.0 Å². The Labute approximate surface area is 153 Å². The SMILES string of the molecule is Cn1nc(C(F)(F)F)cc1C(=O)N1CCC(c2cc3ncccc3[nH]2)CC1. The highest BCUT2D eigenvalue weighted by Crippen LogP contribution is 2.31. The molecule has 27 heavy (non-hydrogen) atoms. The summed E-state index contributed by atoms with van der Waals surface area (Å²) >= 11 is 0. The zero-order valence-corrected chi connectivity index (χ0v) is 14.6. The third kappa shape index (κ3) is 3.29. The van der Waals surface area contributed by atoms with Crippen LogP contribution in [0.3, 0.4) is 0 Å². The van der Waals surface area contributed by atoms with Crippen LogP contribution in [0.15, 0.2) is 30.5 Å². The summed E-state index contributed by atoms with van der Waals surface area (Å²) in [5.74, 6) is -0.155. The van der Waals surface area contributed by atoms with E-state index in [0.717, 1.165) is 40.3 Å². The lowest BCUT2D eigenvalue weighted by molar-refractivity contribution is -0.141. The number of aromatic amines is 1. The van der Waals surface area contributed by atoms with Crippen molar-refractivity contribution in [2.24, 2.45) is 7.05 Å². The van der Waals surface area contributed by atoms with Crippen molar-refractivity contribution in [1.82, 2.24) is 24.6 Å². The number of nitrogens with one attached hydrogen (secondary N) is 1. The van der Waals surface area contributed by atoms with Crippen LogP contribution in [0.25, 0.3) is 11.0 Å². The molecule has 9 heteroatoms. The van der Waals surface area contributed by atoms with E-state index in [2.05, 4.69) is 15.1 Å².